The summed E-state index contributed by atoms with van der Waals surface area (Å²) in [6.07, 6.45) is -0.264. The van der Waals surface area contributed by atoms with Crippen LogP contribution < -0.4 is 0 Å². The van der Waals surface area contributed by atoms with Gasteiger partial charge in [-0.25, -0.2) is 0 Å². The number of halogens is 1. The Hall–Kier alpha value is -1.84. The summed E-state index contributed by atoms with van der Waals surface area (Å²) in [4.78, 5) is 14.2. The van der Waals surface area contributed by atoms with Gasteiger partial charge < -0.3 is 4.74 Å². The molecule has 0 aliphatic rings. The highest BCUT2D eigenvalue weighted by molar-refractivity contribution is 6.18. The number of carbonyl (C=O) groups is 1. The summed E-state index contributed by atoms with van der Waals surface area (Å²) in [5.74, 6) is 0.0633. The summed E-state index contributed by atoms with van der Waals surface area (Å²) < 4.78 is 5.29. The van der Waals surface area contributed by atoms with Crippen molar-refractivity contribution in [3.05, 3.63) is 71.8 Å². The molecule has 23 heavy (non-hydrogen) atoms. The minimum Gasteiger partial charge on any atom is -0.460 e. The number of esters is 1. The van der Waals surface area contributed by atoms with E-state index in [1.54, 1.807) is 6.92 Å². The summed E-state index contributed by atoms with van der Waals surface area (Å²) in [5.41, 5.74) is 2.34. The zero-order valence-electron chi connectivity index (χ0n) is 13.3. The smallest absolute Gasteiger partial charge is 0.320 e. The Labute approximate surface area is 142 Å². The van der Waals surface area contributed by atoms with Crippen LogP contribution in [0, 0.1) is 0 Å². The lowest BCUT2D eigenvalue weighted by molar-refractivity contribution is -0.148. The first-order valence-corrected chi connectivity index (χ1v) is 8.26. The molecule has 0 saturated carbocycles. The van der Waals surface area contributed by atoms with Crippen LogP contribution in [0.2, 0.25) is 0 Å². The minimum atomic E-state index is -0.264. The largest absolute Gasteiger partial charge is 0.460 e. The number of rotatable bonds is 8. The fourth-order valence-electron chi connectivity index (χ4n) is 2.33. The first-order valence-electron chi connectivity index (χ1n) is 7.73. The Morgan fingerprint density at radius 1 is 1.00 bits per heavy atom. The molecule has 0 amide bonds. The Balaban J connectivity index is 2.03. The van der Waals surface area contributed by atoms with E-state index in [0.29, 0.717) is 19.0 Å². The number of hydrogen-bond donors (Lipinski definition) is 0. The second kappa shape index (κ2) is 9.33. The zero-order valence-corrected chi connectivity index (χ0v) is 14.1. The van der Waals surface area contributed by atoms with Crippen LogP contribution in [0.4, 0.5) is 0 Å². The molecule has 0 aliphatic heterocycles. The topological polar surface area (TPSA) is 29.5 Å². The zero-order chi connectivity index (χ0) is 16.5. The summed E-state index contributed by atoms with van der Waals surface area (Å²) in [5, 5.41) is 0. The molecule has 4 heteroatoms. The van der Waals surface area contributed by atoms with E-state index in [9.17, 15) is 4.79 Å². The number of alkyl halides is 1. The van der Waals surface area contributed by atoms with Crippen molar-refractivity contribution < 1.29 is 9.53 Å². The Bertz CT molecular complexity index is 547. The Morgan fingerprint density at radius 3 is 1.91 bits per heavy atom. The molecule has 0 radical (unpaired) electrons. The summed E-state index contributed by atoms with van der Waals surface area (Å²) in [6.45, 7) is 3.43. The summed E-state index contributed by atoms with van der Waals surface area (Å²) in [6, 6.07) is 20.2. The molecule has 2 rings (SSSR count). The van der Waals surface area contributed by atoms with Crippen LogP contribution in [0.3, 0.4) is 0 Å². The predicted molar refractivity (Wildman–Crippen MR) is 93.3 cm³/mol. The van der Waals surface area contributed by atoms with Crippen LogP contribution in [-0.4, -0.2) is 29.4 Å². The SMILES string of the molecule is CC(CCl)OC(=O)CN(Cc1ccccc1)Cc1ccccc1. The molecule has 0 N–H and O–H groups in total. The van der Waals surface area contributed by atoms with Crippen LogP contribution in [0.15, 0.2) is 60.7 Å². The van der Waals surface area contributed by atoms with Gasteiger partial charge in [0.25, 0.3) is 0 Å². The van der Waals surface area contributed by atoms with Crippen LogP contribution in [0.25, 0.3) is 0 Å². The normalized spacial score (nSPS) is 12.1. The number of hydrogen-bond acceptors (Lipinski definition) is 3. The summed E-state index contributed by atoms with van der Waals surface area (Å²) in [7, 11) is 0. The van der Waals surface area contributed by atoms with Gasteiger partial charge in [0.1, 0.15) is 6.10 Å². The maximum Gasteiger partial charge on any atom is 0.320 e. The number of ether oxygens (including phenoxy) is 1. The minimum absolute atomic E-state index is 0.241. The Kier molecular flexibility index (Phi) is 7.11. The first-order chi connectivity index (χ1) is 11.2. The van der Waals surface area contributed by atoms with E-state index in [1.165, 1.54) is 11.1 Å². The van der Waals surface area contributed by atoms with Crippen molar-refractivity contribution in [3.63, 3.8) is 0 Å². The molecule has 2 aromatic carbocycles. The van der Waals surface area contributed by atoms with Crippen LogP contribution in [-0.2, 0) is 22.6 Å². The monoisotopic (exact) mass is 331 g/mol. The average Bonchev–Trinajstić information content (AvgIpc) is 2.56. The molecule has 3 nitrogen and oxygen atoms in total. The van der Waals surface area contributed by atoms with Gasteiger partial charge in [-0.15, -0.1) is 11.6 Å². The second-order valence-corrected chi connectivity index (χ2v) is 5.88. The first kappa shape index (κ1) is 17.5. The van der Waals surface area contributed by atoms with Crippen molar-refractivity contribution in [2.75, 3.05) is 12.4 Å². The highest BCUT2D eigenvalue weighted by Crippen LogP contribution is 2.10. The van der Waals surface area contributed by atoms with E-state index in [1.807, 2.05) is 36.4 Å². The molecule has 1 unspecified atom stereocenters. The highest BCUT2D eigenvalue weighted by Gasteiger charge is 2.15. The van der Waals surface area contributed by atoms with Crippen molar-refractivity contribution in [1.82, 2.24) is 4.90 Å². The van der Waals surface area contributed by atoms with Crippen molar-refractivity contribution in [3.8, 4) is 0 Å². The van der Waals surface area contributed by atoms with Crippen LogP contribution >= 0.6 is 11.6 Å². The third-order valence-electron chi connectivity index (χ3n) is 3.40. The number of carbonyl (C=O) groups excluding carboxylic acids is 1. The fraction of sp³-hybridized carbons (Fsp3) is 0.316. The maximum atomic E-state index is 12.1. The van der Waals surface area contributed by atoms with Gasteiger partial charge in [0.2, 0.25) is 0 Å². The quantitative estimate of drug-likeness (QED) is 0.543. The van der Waals surface area contributed by atoms with Gasteiger partial charge >= 0.3 is 5.97 Å². The summed E-state index contributed by atoms with van der Waals surface area (Å²) >= 11 is 5.70. The molecule has 2 aromatic rings. The van der Waals surface area contributed by atoms with E-state index in [0.717, 1.165) is 0 Å². The lowest BCUT2D eigenvalue weighted by atomic mass is 10.1. The molecule has 0 aliphatic carbocycles. The van der Waals surface area contributed by atoms with Crippen molar-refractivity contribution in [2.24, 2.45) is 0 Å². The maximum absolute atomic E-state index is 12.1. The lowest BCUT2D eigenvalue weighted by Gasteiger charge is -2.22. The van der Waals surface area contributed by atoms with E-state index in [4.69, 9.17) is 16.3 Å². The number of benzene rings is 2. The van der Waals surface area contributed by atoms with Gasteiger partial charge in [-0.1, -0.05) is 60.7 Å². The third kappa shape index (κ3) is 6.43. The van der Waals surface area contributed by atoms with E-state index >= 15 is 0 Å². The molecule has 1 atom stereocenters. The predicted octanol–water partition coefficient (Wildman–Crippen LogP) is 3.86. The van der Waals surface area contributed by atoms with Gasteiger partial charge in [-0.2, -0.15) is 0 Å². The van der Waals surface area contributed by atoms with Crippen molar-refractivity contribution >= 4 is 17.6 Å². The van der Waals surface area contributed by atoms with E-state index in [-0.39, 0.29) is 18.6 Å². The van der Waals surface area contributed by atoms with Gasteiger partial charge in [-0.05, 0) is 18.1 Å². The highest BCUT2D eigenvalue weighted by atomic mass is 35.5. The molecule has 122 valence electrons. The molecule has 0 spiro atoms. The van der Waals surface area contributed by atoms with E-state index in [2.05, 4.69) is 29.2 Å². The molecule has 0 saturated heterocycles. The van der Waals surface area contributed by atoms with Gasteiger partial charge in [-0.3, -0.25) is 9.69 Å². The van der Waals surface area contributed by atoms with Crippen LogP contribution in [0.1, 0.15) is 18.1 Å². The third-order valence-corrected chi connectivity index (χ3v) is 3.84. The van der Waals surface area contributed by atoms with Gasteiger partial charge in [0.05, 0.1) is 12.4 Å². The van der Waals surface area contributed by atoms with Crippen LogP contribution in [0.5, 0.6) is 0 Å². The molecular weight excluding hydrogens is 310 g/mol. The van der Waals surface area contributed by atoms with E-state index < -0.39 is 0 Å². The van der Waals surface area contributed by atoms with Gasteiger partial charge in [0, 0.05) is 13.1 Å². The van der Waals surface area contributed by atoms with Crippen molar-refractivity contribution in [1.29, 1.82) is 0 Å². The molecule has 0 fully saturated rings. The standard InChI is InChI=1S/C19H22ClNO2/c1-16(12-20)23-19(22)15-21(13-17-8-4-2-5-9-17)14-18-10-6-3-7-11-18/h2-11,16H,12-15H2,1H3. The molecule has 0 heterocycles. The molecule has 0 bridgehead atoms. The second-order valence-electron chi connectivity index (χ2n) is 5.57. The lowest BCUT2D eigenvalue weighted by Crippen LogP contribution is -2.32. The van der Waals surface area contributed by atoms with Gasteiger partial charge in [0.15, 0.2) is 0 Å². The number of nitrogens with zero attached hydrogens (tertiary/aromatic N) is 1. The fourth-order valence-corrected chi connectivity index (χ4v) is 2.39. The molecule has 0 aromatic heterocycles. The van der Waals surface area contributed by atoms with Crippen molar-refractivity contribution in [2.45, 2.75) is 26.1 Å². The average molecular weight is 332 g/mol. The Morgan fingerprint density at radius 2 is 1.48 bits per heavy atom. The molecular formula is C19H22ClNO2.